The van der Waals surface area contributed by atoms with Crippen molar-refractivity contribution in [2.45, 2.75) is 33.7 Å². The van der Waals surface area contributed by atoms with Crippen LogP contribution in [-0.2, 0) is 11.3 Å². The maximum absolute atomic E-state index is 12.9. The number of aromatic nitrogens is 2. The number of carbonyl (C=O) groups excluding carboxylic acids is 1. The van der Waals surface area contributed by atoms with Crippen LogP contribution in [0.1, 0.15) is 25.8 Å². The Morgan fingerprint density at radius 1 is 1.27 bits per heavy atom. The van der Waals surface area contributed by atoms with Crippen LogP contribution in [0.15, 0.2) is 41.5 Å². The lowest BCUT2D eigenvalue weighted by atomic mass is 10.1. The van der Waals surface area contributed by atoms with Gasteiger partial charge in [-0.3, -0.25) is 14.2 Å². The van der Waals surface area contributed by atoms with Gasteiger partial charge in [-0.05, 0) is 30.4 Å². The first-order valence-electron chi connectivity index (χ1n) is 8.78. The van der Waals surface area contributed by atoms with Crippen LogP contribution in [0.2, 0.25) is 0 Å². The van der Waals surface area contributed by atoms with Crippen LogP contribution in [-0.4, -0.2) is 22.0 Å². The molecule has 0 unspecified atom stereocenters. The summed E-state index contributed by atoms with van der Waals surface area (Å²) in [5, 5.41) is 3.46. The first-order valence-corrected chi connectivity index (χ1v) is 9.59. The highest BCUT2D eigenvalue weighted by Crippen LogP contribution is 2.35. The van der Waals surface area contributed by atoms with Crippen molar-refractivity contribution in [2.75, 3.05) is 6.54 Å². The molecule has 6 heteroatoms. The van der Waals surface area contributed by atoms with Gasteiger partial charge in [-0.25, -0.2) is 4.98 Å². The second kappa shape index (κ2) is 7.83. The molecule has 0 fully saturated rings. The minimum atomic E-state index is -0.162. The van der Waals surface area contributed by atoms with Gasteiger partial charge in [-0.15, -0.1) is 11.3 Å². The summed E-state index contributed by atoms with van der Waals surface area (Å²) >= 11 is 1.51. The van der Waals surface area contributed by atoms with Crippen molar-refractivity contribution < 1.29 is 4.79 Å². The van der Waals surface area contributed by atoms with E-state index >= 15 is 0 Å². The van der Waals surface area contributed by atoms with Crippen molar-refractivity contribution in [3.05, 3.63) is 52.6 Å². The molecule has 0 aliphatic rings. The monoisotopic (exact) mass is 369 g/mol. The van der Waals surface area contributed by atoms with Crippen molar-refractivity contribution in [2.24, 2.45) is 5.92 Å². The molecule has 2 heterocycles. The molecule has 1 amide bonds. The van der Waals surface area contributed by atoms with E-state index in [-0.39, 0.29) is 18.0 Å². The van der Waals surface area contributed by atoms with Crippen LogP contribution >= 0.6 is 11.3 Å². The van der Waals surface area contributed by atoms with E-state index in [9.17, 15) is 9.59 Å². The molecule has 26 heavy (non-hydrogen) atoms. The van der Waals surface area contributed by atoms with Gasteiger partial charge in [0.2, 0.25) is 5.91 Å². The van der Waals surface area contributed by atoms with Crippen molar-refractivity contribution in [3.63, 3.8) is 0 Å². The smallest absolute Gasteiger partial charge is 0.262 e. The number of benzene rings is 1. The first kappa shape index (κ1) is 18.3. The van der Waals surface area contributed by atoms with E-state index in [0.29, 0.717) is 22.7 Å². The second-order valence-corrected chi connectivity index (χ2v) is 7.81. The van der Waals surface area contributed by atoms with E-state index in [0.717, 1.165) is 22.4 Å². The number of carbonyl (C=O) groups is 1. The summed E-state index contributed by atoms with van der Waals surface area (Å²) in [4.78, 5) is 31.1. The van der Waals surface area contributed by atoms with E-state index in [4.69, 9.17) is 0 Å². The van der Waals surface area contributed by atoms with Gasteiger partial charge in [0.05, 0.1) is 11.7 Å². The molecule has 0 bridgehead atoms. The van der Waals surface area contributed by atoms with Gasteiger partial charge in [0.15, 0.2) is 0 Å². The number of nitrogens with zero attached hydrogens (tertiary/aromatic N) is 2. The van der Waals surface area contributed by atoms with Gasteiger partial charge >= 0.3 is 0 Å². The zero-order chi connectivity index (χ0) is 18.7. The summed E-state index contributed by atoms with van der Waals surface area (Å²) < 4.78 is 1.39. The van der Waals surface area contributed by atoms with Crippen LogP contribution in [0.4, 0.5) is 0 Å². The molecule has 0 atom stereocenters. The third-order valence-corrected chi connectivity index (χ3v) is 5.56. The average Bonchev–Trinajstić information content (AvgIpc) is 2.95. The van der Waals surface area contributed by atoms with E-state index in [1.54, 1.807) is 0 Å². The number of hydrogen-bond donors (Lipinski definition) is 1. The third kappa shape index (κ3) is 3.85. The second-order valence-electron chi connectivity index (χ2n) is 6.81. The molecule has 0 aliphatic carbocycles. The predicted molar refractivity (Wildman–Crippen MR) is 107 cm³/mol. The summed E-state index contributed by atoms with van der Waals surface area (Å²) in [6, 6.07) is 9.98. The van der Waals surface area contributed by atoms with Gasteiger partial charge in [-0.1, -0.05) is 44.2 Å². The number of aryl methyl sites for hydroxylation is 1. The Balaban J connectivity index is 1.88. The lowest BCUT2D eigenvalue weighted by Crippen LogP contribution is -2.33. The van der Waals surface area contributed by atoms with Gasteiger partial charge in [0, 0.05) is 11.4 Å². The Morgan fingerprint density at radius 3 is 2.69 bits per heavy atom. The Labute approximate surface area is 156 Å². The standard InChI is InChI=1S/C20H23N3O2S/c1-13(2)9-10-21-16(24)11-23-12-22-19-17(20(23)25)14(3)18(26-19)15-7-5-4-6-8-15/h4-8,12-13H,9-11H2,1-3H3,(H,21,24). The van der Waals surface area contributed by atoms with E-state index in [2.05, 4.69) is 24.1 Å². The highest BCUT2D eigenvalue weighted by molar-refractivity contribution is 7.22. The summed E-state index contributed by atoms with van der Waals surface area (Å²) in [5.74, 6) is 0.367. The fourth-order valence-electron chi connectivity index (χ4n) is 2.85. The zero-order valence-electron chi connectivity index (χ0n) is 15.3. The normalized spacial score (nSPS) is 11.2. The number of hydrogen-bond acceptors (Lipinski definition) is 4. The molecule has 0 spiro atoms. The van der Waals surface area contributed by atoms with Crippen molar-refractivity contribution in [3.8, 4) is 10.4 Å². The maximum atomic E-state index is 12.9. The molecule has 3 rings (SSSR count). The van der Waals surface area contributed by atoms with Crippen LogP contribution in [0.25, 0.3) is 20.7 Å². The highest BCUT2D eigenvalue weighted by atomic mass is 32.1. The molecule has 136 valence electrons. The minimum Gasteiger partial charge on any atom is -0.355 e. The fourth-order valence-corrected chi connectivity index (χ4v) is 3.99. The van der Waals surface area contributed by atoms with Gasteiger partial charge in [0.1, 0.15) is 11.4 Å². The molecular weight excluding hydrogens is 346 g/mol. The van der Waals surface area contributed by atoms with Crippen molar-refractivity contribution in [1.82, 2.24) is 14.9 Å². The number of amides is 1. The maximum Gasteiger partial charge on any atom is 0.262 e. The molecule has 1 N–H and O–H groups in total. The lowest BCUT2D eigenvalue weighted by molar-refractivity contribution is -0.121. The van der Waals surface area contributed by atoms with Crippen LogP contribution in [0, 0.1) is 12.8 Å². The molecule has 3 aromatic rings. The lowest BCUT2D eigenvalue weighted by Gasteiger charge is -2.08. The van der Waals surface area contributed by atoms with Crippen LogP contribution < -0.4 is 10.9 Å². The molecule has 0 aliphatic heterocycles. The molecule has 2 aromatic heterocycles. The summed E-state index contributed by atoms with van der Waals surface area (Å²) in [6.45, 7) is 6.78. The number of nitrogens with one attached hydrogen (secondary N) is 1. The molecule has 0 saturated carbocycles. The third-order valence-electron chi connectivity index (χ3n) is 4.31. The molecule has 0 saturated heterocycles. The van der Waals surface area contributed by atoms with Gasteiger partial charge in [0.25, 0.3) is 5.56 Å². The van der Waals surface area contributed by atoms with Crippen LogP contribution in [0.3, 0.4) is 0 Å². The number of fused-ring (bicyclic) bond motifs is 1. The van der Waals surface area contributed by atoms with Gasteiger partial charge < -0.3 is 5.32 Å². The quantitative estimate of drug-likeness (QED) is 0.722. The van der Waals surface area contributed by atoms with Crippen molar-refractivity contribution in [1.29, 1.82) is 0 Å². The largest absolute Gasteiger partial charge is 0.355 e. The van der Waals surface area contributed by atoms with Crippen LogP contribution in [0.5, 0.6) is 0 Å². The van der Waals surface area contributed by atoms with Gasteiger partial charge in [-0.2, -0.15) is 0 Å². The summed E-state index contributed by atoms with van der Waals surface area (Å²) in [5.41, 5.74) is 1.83. The summed E-state index contributed by atoms with van der Waals surface area (Å²) in [6.07, 6.45) is 2.39. The van der Waals surface area contributed by atoms with Crippen molar-refractivity contribution >= 4 is 27.5 Å². The molecule has 0 radical (unpaired) electrons. The fraction of sp³-hybridized carbons (Fsp3) is 0.350. The number of rotatable bonds is 6. The number of thiophene rings is 1. The Morgan fingerprint density at radius 2 is 2.00 bits per heavy atom. The minimum absolute atomic E-state index is 0.00414. The van der Waals surface area contributed by atoms with E-state index in [1.807, 2.05) is 37.3 Å². The summed E-state index contributed by atoms with van der Waals surface area (Å²) in [7, 11) is 0. The zero-order valence-corrected chi connectivity index (χ0v) is 16.1. The molecular formula is C20H23N3O2S. The first-order chi connectivity index (χ1) is 12.5. The van der Waals surface area contributed by atoms with E-state index < -0.39 is 0 Å². The Kier molecular flexibility index (Phi) is 5.52. The Bertz CT molecular complexity index is 974. The molecule has 5 nitrogen and oxygen atoms in total. The molecule has 1 aromatic carbocycles. The topological polar surface area (TPSA) is 64.0 Å². The SMILES string of the molecule is Cc1c(-c2ccccc2)sc2ncn(CC(=O)NCCC(C)C)c(=O)c12. The Hall–Kier alpha value is -2.47. The van der Waals surface area contributed by atoms with E-state index in [1.165, 1.54) is 22.2 Å². The average molecular weight is 369 g/mol. The highest BCUT2D eigenvalue weighted by Gasteiger charge is 2.16. The predicted octanol–water partition coefficient (Wildman–Crippen LogP) is 3.60.